The van der Waals surface area contributed by atoms with Gasteiger partial charge in [-0.05, 0) is 37.8 Å². The summed E-state index contributed by atoms with van der Waals surface area (Å²) in [6.45, 7) is 3.54. The Labute approximate surface area is 150 Å². The molecular weight excluding hydrogens is 314 g/mol. The fraction of sp³-hybridized carbons (Fsp3) is 0.650. The number of fused-ring (bicyclic) bond motifs is 5. The fourth-order valence-electron chi connectivity index (χ4n) is 4.72. The number of nitrogens with one attached hydrogen (secondary N) is 1. The zero-order valence-electron chi connectivity index (χ0n) is 15.1. The first-order valence-electron chi connectivity index (χ1n) is 9.67. The van der Waals surface area contributed by atoms with Crippen molar-refractivity contribution in [2.24, 2.45) is 11.8 Å². The molecule has 5 nitrogen and oxygen atoms in total. The van der Waals surface area contributed by atoms with Crippen LogP contribution in [0.25, 0.3) is 0 Å². The van der Waals surface area contributed by atoms with Crippen LogP contribution in [-0.4, -0.2) is 56.4 Å². The topological polar surface area (TPSA) is 44.8 Å². The van der Waals surface area contributed by atoms with Crippen molar-refractivity contribution in [2.75, 3.05) is 38.1 Å². The van der Waals surface area contributed by atoms with E-state index < -0.39 is 0 Å². The Kier molecular flexibility index (Phi) is 4.84. The van der Waals surface area contributed by atoms with E-state index in [0.29, 0.717) is 24.0 Å². The molecule has 3 heterocycles. The number of nitrogens with zero attached hydrogens (tertiary/aromatic N) is 2. The number of likely N-dealkylation sites (tertiary alicyclic amines) is 1. The summed E-state index contributed by atoms with van der Waals surface area (Å²) < 4.78 is 5.98. The molecule has 2 bridgehead atoms. The van der Waals surface area contributed by atoms with E-state index >= 15 is 0 Å². The summed E-state index contributed by atoms with van der Waals surface area (Å²) in [5.74, 6) is 1.17. The van der Waals surface area contributed by atoms with E-state index in [1.807, 2.05) is 11.0 Å². The zero-order chi connectivity index (χ0) is 17.2. The van der Waals surface area contributed by atoms with Gasteiger partial charge >= 0.3 is 6.03 Å². The van der Waals surface area contributed by atoms with Gasteiger partial charge in [0.25, 0.3) is 0 Å². The molecule has 1 aromatic carbocycles. The molecule has 3 aliphatic heterocycles. The molecule has 5 heteroatoms. The van der Waals surface area contributed by atoms with E-state index in [1.165, 1.54) is 18.5 Å². The van der Waals surface area contributed by atoms with Crippen LogP contribution in [0, 0.1) is 11.8 Å². The standard InChI is InChI=1S/C20H29N3O2/c1-22(15-7-3-2-4-8-15)12-6-5-11-21-20(24)23-13-16-17(14-23)19-10-9-18(16)25-19/h2-4,7-8,16-19H,5-6,9-14H2,1H3,(H,21,24)/t16-,17-,18-,19-/m1/s1. The minimum atomic E-state index is 0.116. The summed E-state index contributed by atoms with van der Waals surface area (Å²) in [5.41, 5.74) is 1.24. The predicted octanol–water partition coefficient (Wildman–Crippen LogP) is 2.72. The summed E-state index contributed by atoms with van der Waals surface area (Å²) in [4.78, 5) is 16.7. The Balaban J connectivity index is 1.13. The van der Waals surface area contributed by atoms with Crippen molar-refractivity contribution in [3.8, 4) is 0 Å². The van der Waals surface area contributed by atoms with Gasteiger partial charge in [-0.2, -0.15) is 0 Å². The SMILES string of the molecule is CN(CCCCNC(=O)N1C[C@@H]2[C@@H](C1)[C@H]1CC[C@H]2O1)c1ccccc1. The van der Waals surface area contributed by atoms with E-state index in [-0.39, 0.29) is 6.03 Å². The fourth-order valence-corrected chi connectivity index (χ4v) is 4.72. The largest absolute Gasteiger partial charge is 0.375 e. The van der Waals surface area contributed by atoms with Crippen LogP contribution in [0.15, 0.2) is 30.3 Å². The van der Waals surface area contributed by atoms with E-state index in [4.69, 9.17) is 4.74 Å². The molecule has 1 N–H and O–H groups in total. The van der Waals surface area contributed by atoms with Gasteiger partial charge in [0.15, 0.2) is 0 Å². The third-order valence-electron chi connectivity index (χ3n) is 6.13. The molecule has 0 spiro atoms. The quantitative estimate of drug-likeness (QED) is 0.808. The number of anilines is 1. The summed E-state index contributed by atoms with van der Waals surface area (Å²) in [7, 11) is 2.12. The van der Waals surface area contributed by atoms with E-state index in [0.717, 1.165) is 39.0 Å². The molecule has 0 radical (unpaired) electrons. The normalized spacial score (nSPS) is 29.7. The first-order valence-corrected chi connectivity index (χ1v) is 9.67. The number of ether oxygens (including phenoxy) is 1. The van der Waals surface area contributed by atoms with Gasteiger partial charge in [-0.25, -0.2) is 4.79 Å². The van der Waals surface area contributed by atoms with Gasteiger partial charge in [-0.1, -0.05) is 18.2 Å². The summed E-state index contributed by atoms with van der Waals surface area (Å²) >= 11 is 0. The molecule has 3 fully saturated rings. The molecule has 4 atom stereocenters. The Morgan fingerprint density at radius 1 is 1.16 bits per heavy atom. The number of urea groups is 1. The van der Waals surface area contributed by atoms with Gasteiger partial charge in [0.1, 0.15) is 0 Å². The first kappa shape index (κ1) is 16.7. The number of amides is 2. The molecule has 3 saturated heterocycles. The molecule has 0 unspecified atom stereocenters. The lowest BCUT2D eigenvalue weighted by molar-refractivity contribution is 0.0739. The number of rotatable bonds is 6. The van der Waals surface area contributed by atoms with E-state index in [1.54, 1.807) is 0 Å². The average molecular weight is 343 g/mol. The van der Waals surface area contributed by atoms with Crippen molar-refractivity contribution in [1.29, 1.82) is 0 Å². The second kappa shape index (κ2) is 7.24. The Morgan fingerprint density at radius 2 is 1.84 bits per heavy atom. The highest BCUT2D eigenvalue weighted by Gasteiger charge is 2.53. The van der Waals surface area contributed by atoms with Crippen LogP contribution in [-0.2, 0) is 4.74 Å². The second-order valence-electron chi connectivity index (χ2n) is 7.72. The third-order valence-corrected chi connectivity index (χ3v) is 6.13. The minimum absolute atomic E-state index is 0.116. The molecular formula is C20H29N3O2. The van der Waals surface area contributed by atoms with Crippen LogP contribution in [0.4, 0.5) is 10.5 Å². The number of hydrogen-bond donors (Lipinski definition) is 1. The van der Waals surface area contributed by atoms with Crippen LogP contribution < -0.4 is 10.2 Å². The summed E-state index contributed by atoms with van der Waals surface area (Å²) in [6.07, 6.45) is 5.31. The van der Waals surface area contributed by atoms with Crippen molar-refractivity contribution in [1.82, 2.24) is 10.2 Å². The average Bonchev–Trinajstić information content (AvgIpc) is 3.34. The van der Waals surface area contributed by atoms with Crippen LogP contribution in [0.1, 0.15) is 25.7 Å². The number of unbranched alkanes of at least 4 members (excludes halogenated alkanes) is 1. The first-order chi connectivity index (χ1) is 12.2. The number of carbonyl (C=O) groups is 1. The van der Waals surface area contributed by atoms with Crippen molar-refractivity contribution in [3.05, 3.63) is 30.3 Å². The smallest absolute Gasteiger partial charge is 0.317 e. The summed E-state index contributed by atoms with van der Waals surface area (Å²) in [5, 5.41) is 3.11. The minimum Gasteiger partial charge on any atom is -0.375 e. The highest BCUT2D eigenvalue weighted by molar-refractivity contribution is 5.74. The monoisotopic (exact) mass is 343 g/mol. The van der Waals surface area contributed by atoms with Gasteiger partial charge in [0.05, 0.1) is 12.2 Å². The van der Waals surface area contributed by atoms with Crippen LogP contribution in [0.5, 0.6) is 0 Å². The van der Waals surface area contributed by atoms with Gasteiger partial charge in [-0.15, -0.1) is 0 Å². The lowest BCUT2D eigenvalue weighted by atomic mass is 9.82. The van der Waals surface area contributed by atoms with E-state index in [9.17, 15) is 4.79 Å². The second-order valence-corrected chi connectivity index (χ2v) is 7.72. The maximum absolute atomic E-state index is 12.4. The van der Waals surface area contributed by atoms with Gasteiger partial charge in [-0.3, -0.25) is 0 Å². The number of carbonyl (C=O) groups excluding carboxylic acids is 1. The lowest BCUT2D eigenvalue weighted by Crippen LogP contribution is -2.40. The van der Waals surface area contributed by atoms with Crippen LogP contribution in [0.2, 0.25) is 0 Å². The van der Waals surface area contributed by atoms with Crippen LogP contribution >= 0.6 is 0 Å². The Hall–Kier alpha value is -1.75. The molecule has 1 aromatic rings. The Morgan fingerprint density at radius 3 is 2.52 bits per heavy atom. The van der Waals surface area contributed by atoms with Crippen molar-refractivity contribution >= 4 is 11.7 Å². The third kappa shape index (κ3) is 3.47. The maximum atomic E-state index is 12.4. The van der Waals surface area contributed by atoms with Crippen molar-refractivity contribution in [3.63, 3.8) is 0 Å². The zero-order valence-corrected chi connectivity index (χ0v) is 15.1. The highest BCUT2D eigenvalue weighted by atomic mass is 16.5. The number of para-hydroxylation sites is 1. The molecule has 3 aliphatic rings. The molecule has 0 aromatic heterocycles. The summed E-state index contributed by atoms with van der Waals surface area (Å²) in [6, 6.07) is 10.5. The van der Waals surface area contributed by atoms with Gasteiger partial charge < -0.3 is 19.9 Å². The van der Waals surface area contributed by atoms with Gasteiger partial charge in [0, 0.05) is 50.7 Å². The van der Waals surface area contributed by atoms with Gasteiger partial charge in [0.2, 0.25) is 0 Å². The lowest BCUT2D eigenvalue weighted by Gasteiger charge is -2.20. The van der Waals surface area contributed by atoms with Crippen LogP contribution in [0.3, 0.4) is 0 Å². The number of benzene rings is 1. The molecule has 0 aliphatic carbocycles. The molecule has 2 amide bonds. The number of hydrogen-bond acceptors (Lipinski definition) is 3. The maximum Gasteiger partial charge on any atom is 0.317 e. The highest BCUT2D eigenvalue weighted by Crippen LogP contribution is 2.47. The predicted molar refractivity (Wildman–Crippen MR) is 98.8 cm³/mol. The van der Waals surface area contributed by atoms with E-state index in [2.05, 4.69) is 41.5 Å². The van der Waals surface area contributed by atoms with Crippen molar-refractivity contribution < 1.29 is 9.53 Å². The molecule has 0 saturated carbocycles. The molecule has 136 valence electrons. The molecule has 25 heavy (non-hydrogen) atoms. The molecule has 4 rings (SSSR count). The Bertz CT molecular complexity index is 576. The van der Waals surface area contributed by atoms with Crippen molar-refractivity contribution in [2.45, 2.75) is 37.9 Å².